The lowest BCUT2D eigenvalue weighted by molar-refractivity contribution is 1.07. The summed E-state index contributed by atoms with van der Waals surface area (Å²) in [6.07, 6.45) is 15.7. The number of hydrogen-bond acceptors (Lipinski definition) is 3. The Morgan fingerprint density at radius 1 is 0.429 bits per heavy atom. The number of para-hydroxylation sites is 2. The van der Waals surface area contributed by atoms with E-state index < -0.39 is 0 Å². The van der Waals surface area contributed by atoms with Gasteiger partial charge in [0, 0.05) is 55.8 Å². The molecule has 3 aromatic heterocycles. The Bertz CT molecular complexity index is 3100. The minimum atomic E-state index is 0.637. The predicted molar refractivity (Wildman–Crippen MR) is 271 cm³/mol. The van der Waals surface area contributed by atoms with Crippen molar-refractivity contribution in [3.05, 3.63) is 225 Å². The van der Waals surface area contributed by atoms with Crippen LogP contribution in [0.3, 0.4) is 0 Å². The van der Waals surface area contributed by atoms with Gasteiger partial charge in [0.1, 0.15) is 0 Å². The van der Waals surface area contributed by atoms with Crippen LogP contribution in [0.4, 0.5) is 0 Å². The summed E-state index contributed by atoms with van der Waals surface area (Å²) in [6.45, 7) is 13.4. The quantitative estimate of drug-likeness (QED) is 0.151. The van der Waals surface area contributed by atoms with Gasteiger partial charge in [-0.2, -0.15) is 0 Å². The fraction of sp³-hybridized carbons (Fsp3) is 0.0862. The van der Waals surface area contributed by atoms with Gasteiger partial charge in [-0.25, -0.2) is 15.0 Å². The van der Waals surface area contributed by atoms with E-state index in [-0.39, 0.29) is 0 Å². The molecule has 10 rings (SSSR count). The molecular weight excluding hydrogens is 767 g/mol. The van der Waals surface area contributed by atoms with Crippen LogP contribution in [0.5, 0.6) is 0 Å². The number of rotatable bonds is 7. The van der Waals surface area contributed by atoms with E-state index in [9.17, 15) is 0 Å². The minimum Gasteiger partial charge on any atom is -0.317 e. The molecule has 310 valence electrons. The third-order valence-electron chi connectivity index (χ3n) is 10.4. The molecule has 0 saturated heterocycles. The van der Waals surface area contributed by atoms with Crippen molar-refractivity contribution in [3.8, 4) is 45.5 Å². The third kappa shape index (κ3) is 9.54. The maximum Gasteiger partial charge on any atom is 0.164 e. The topological polar surface area (TPSA) is 48.5 Å². The van der Waals surface area contributed by atoms with Crippen LogP contribution in [0.1, 0.15) is 34.6 Å². The van der Waals surface area contributed by atoms with Crippen molar-refractivity contribution in [2.24, 2.45) is 0 Å². The second-order valence-electron chi connectivity index (χ2n) is 14.4. The number of benzene rings is 7. The highest BCUT2D eigenvalue weighted by Gasteiger charge is 2.17. The molecule has 63 heavy (non-hydrogen) atoms. The van der Waals surface area contributed by atoms with E-state index >= 15 is 0 Å². The van der Waals surface area contributed by atoms with Crippen LogP contribution in [0.2, 0.25) is 0 Å². The summed E-state index contributed by atoms with van der Waals surface area (Å²) < 4.78 is 4.66. The molecule has 0 saturated carbocycles. The van der Waals surface area contributed by atoms with E-state index in [0.717, 1.165) is 33.6 Å². The molecule has 10 aromatic rings. The van der Waals surface area contributed by atoms with Crippen molar-refractivity contribution < 1.29 is 0 Å². The van der Waals surface area contributed by atoms with Crippen molar-refractivity contribution in [1.82, 2.24) is 24.1 Å². The van der Waals surface area contributed by atoms with Crippen LogP contribution in [0, 0.1) is 0 Å². The zero-order chi connectivity index (χ0) is 44.0. The van der Waals surface area contributed by atoms with Gasteiger partial charge in [-0.3, -0.25) is 0 Å². The van der Waals surface area contributed by atoms with Gasteiger partial charge in [0.15, 0.2) is 17.5 Å². The first-order valence-electron chi connectivity index (χ1n) is 21.6. The molecular formula is C58H53N5. The van der Waals surface area contributed by atoms with E-state index in [2.05, 4.69) is 131 Å². The first-order valence-corrected chi connectivity index (χ1v) is 21.6. The molecule has 0 aliphatic carbocycles. The van der Waals surface area contributed by atoms with Crippen molar-refractivity contribution in [3.63, 3.8) is 0 Å². The molecule has 0 spiro atoms. The molecule has 0 radical (unpaired) electrons. The van der Waals surface area contributed by atoms with Gasteiger partial charge >= 0.3 is 0 Å². The zero-order valence-corrected chi connectivity index (χ0v) is 36.7. The Kier molecular flexibility index (Phi) is 14.5. The summed E-state index contributed by atoms with van der Waals surface area (Å²) in [6, 6.07) is 59.4. The number of nitrogens with zero attached hydrogens (tertiary/aromatic N) is 5. The van der Waals surface area contributed by atoms with E-state index in [1.807, 2.05) is 132 Å². The molecule has 0 atom stereocenters. The lowest BCUT2D eigenvalue weighted by Crippen LogP contribution is -2.00. The number of allylic oxidation sites excluding steroid dienone is 7. The molecule has 0 aliphatic rings. The van der Waals surface area contributed by atoms with Crippen molar-refractivity contribution in [2.45, 2.75) is 34.6 Å². The first kappa shape index (κ1) is 43.2. The summed E-state index contributed by atoms with van der Waals surface area (Å²) in [7, 11) is 0. The van der Waals surface area contributed by atoms with Crippen molar-refractivity contribution >= 4 is 43.5 Å². The fourth-order valence-corrected chi connectivity index (χ4v) is 7.57. The summed E-state index contributed by atoms with van der Waals surface area (Å²) in [4.78, 5) is 14.8. The summed E-state index contributed by atoms with van der Waals surface area (Å²) >= 11 is 0. The molecule has 3 heterocycles. The first-order chi connectivity index (χ1) is 31.1. The van der Waals surface area contributed by atoms with Crippen LogP contribution in [-0.4, -0.2) is 24.1 Å². The third-order valence-corrected chi connectivity index (χ3v) is 10.4. The van der Waals surface area contributed by atoms with E-state index in [4.69, 9.17) is 15.0 Å². The summed E-state index contributed by atoms with van der Waals surface area (Å²) in [5.41, 5.74) is 8.60. The number of aromatic nitrogens is 5. The molecule has 7 aromatic carbocycles. The van der Waals surface area contributed by atoms with Gasteiger partial charge < -0.3 is 9.13 Å². The lowest BCUT2D eigenvalue weighted by atomic mass is 10.0. The Morgan fingerprint density at radius 3 is 1.56 bits per heavy atom. The van der Waals surface area contributed by atoms with Crippen molar-refractivity contribution in [2.75, 3.05) is 0 Å². The average Bonchev–Trinajstić information content (AvgIpc) is 3.94. The molecule has 0 fully saturated rings. The average molecular weight is 820 g/mol. The van der Waals surface area contributed by atoms with E-state index in [1.165, 1.54) is 38.0 Å². The van der Waals surface area contributed by atoms with Gasteiger partial charge in [-0.05, 0) is 74.7 Å². The van der Waals surface area contributed by atoms with Crippen LogP contribution < -0.4 is 0 Å². The van der Waals surface area contributed by atoms with Gasteiger partial charge in [0.25, 0.3) is 0 Å². The molecule has 5 nitrogen and oxygen atoms in total. The SMILES string of the molecule is C/C=C\C=C/C.C=C/C=C\C.CC.c1ccc(-c2nc(-c3ccccc3)nc(-c3cccc(-n4ccc5cc6c(ccc7c8ccccc8n(-c8ccccc8)c67)cc54)c3)n2)cc1. The predicted octanol–water partition coefficient (Wildman–Crippen LogP) is 16.0. The highest BCUT2D eigenvalue weighted by molar-refractivity contribution is 6.20. The van der Waals surface area contributed by atoms with Crippen molar-refractivity contribution in [1.29, 1.82) is 0 Å². The van der Waals surface area contributed by atoms with Gasteiger partial charge in [-0.1, -0.05) is 184 Å². The van der Waals surface area contributed by atoms with Crippen LogP contribution in [0.25, 0.3) is 89.0 Å². The van der Waals surface area contributed by atoms with Gasteiger partial charge in [-0.15, -0.1) is 0 Å². The van der Waals surface area contributed by atoms with E-state index in [0.29, 0.717) is 17.5 Å². The fourth-order valence-electron chi connectivity index (χ4n) is 7.57. The number of fused-ring (bicyclic) bond motifs is 6. The monoisotopic (exact) mass is 819 g/mol. The molecule has 5 heteroatoms. The Morgan fingerprint density at radius 2 is 0.968 bits per heavy atom. The Hall–Kier alpha value is -7.89. The molecule has 0 bridgehead atoms. The maximum atomic E-state index is 4.97. The standard InChI is InChI=1S/C45H29N5.C6H10.C5H8.C2H6/c1-4-13-30(14-5-1)43-46-44(31-15-6-2-7-16-31)48-45(47-43)34-17-12-20-36(27-34)49-26-25-33-28-39-32(29-41(33)49)23-24-38-37-21-10-11-22-40(37)50(42(38)39)35-18-8-3-9-19-35;1-3-5-6-4-2;1-3-5-4-2;1-2/h1-29H;3-6H,1-2H3;3-5H,1H2,2H3;1-2H3/b;5-3-,6-4-;5-4-;. The Labute approximate surface area is 371 Å². The Balaban J connectivity index is 0.000000406. The largest absolute Gasteiger partial charge is 0.317 e. The van der Waals surface area contributed by atoms with Crippen LogP contribution >= 0.6 is 0 Å². The van der Waals surface area contributed by atoms with Crippen LogP contribution in [-0.2, 0) is 0 Å². The zero-order valence-electron chi connectivity index (χ0n) is 36.7. The molecule has 0 N–H and O–H groups in total. The highest BCUT2D eigenvalue weighted by Crippen LogP contribution is 2.38. The smallest absolute Gasteiger partial charge is 0.164 e. The lowest BCUT2D eigenvalue weighted by Gasteiger charge is -2.12. The maximum absolute atomic E-state index is 4.97. The second-order valence-corrected chi connectivity index (χ2v) is 14.4. The van der Waals surface area contributed by atoms with E-state index in [1.54, 1.807) is 6.08 Å². The van der Waals surface area contributed by atoms with Gasteiger partial charge in [0.2, 0.25) is 0 Å². The normalized spacial score (nSPS) is 11.1. The highest BCUT2D eigenvalue weighted by atomic mass is 15.0. The summed E-state index contributed by atoms with van der Waals surface area (Å²) in [5, 5.41) is 6.11. The van der Waals surface area contributed by atoms with Crippen LogP contribution in [0.15, 0.2) is 225 Å². The summed E-state index contributed by atoms with van der Waals surface area (Å²) in [5.74, 6) is 1.94. The molecule has 0 unspecified atom stereocenters. The minimum absolute atomic E-state index is 0.637. The second kappa shape index (κ2) is 21.1. The number of hydrogen-bond donors (Lipinski definition) is 0. The van der Waals surface area contributed by atoms with Gasteiger partial charge in [0.05, 0.1) is 16.6 Å². The molecule has 0 aliphatic heterocycles. The molecule has 0 amide bonds.